The fraction of sp³-hybridized carbons (Fsp3) is 0.455. The van der Waals surface area contributed by atoms with E-state index in [1.165, 1.54) is 24.5 Å². The van der Waals surface area contributed by atoms with Gasteiger partial charge in [-0.25, -0.2) is 0 Å². The van der Waals surface area contributed by atoms with E-state index in [2.05, 4.69) is 4.98 Å². The largest absolute Gasteiger partial charge is 0.398 e. The van der Waals surface area contributed by atoms with Gasteiger partial charge in [-0.3, -0.25) is 21.1 Å². The summed E-state index contributed by atoms with van der Waals surface area (Å²) in [6.07, 6.45) is -1.28. The first-order valence-corrected chi connectivity index (χ1v) is 10.0. The number of nitrogens with zero attached hydrogens (tertiary/aromatic N) is 2. The number of nitrogens with one attached hydrogen (secondary N) is 2. The summed E-state index contributed by atoms with van der Waals surface area (Å²) in [6, 6.07) is 7.61. The summed E-state index contributed by atoms with van der Waals surface area (Å²) in [6.45, 7) is 3.05. The standard InChI is InChI=1S/C22H25F3N4O2/c1-19(12-29(2)13-19)21(30,17-9-14(10-27-11-17)18(26)28-31)16-5-3-15(4-6-16)20(7-8-20)22(23,24)25/h3-6,9-11,30-31H,7-8,12-13H2,1-2H3,(H2,26,28)/t21-/m0/s1. The number of hydrogen-bond donors (Lipinski definition) is 4. The maximum absolute atomic E-state index is 13.5. The average molecular weight is 434 g/mol. The molecule has 1 aromatic carbocycles. The van der Waals surface area contributed by atoms with Crippen LogP contribution in [0.4, 0.5) is 13.2 Å². The Morgan fingerprint density at radius 2 is 1.74 bits per heavy atom. The highest BCUT2D eigenvalue weighted by atomic mass is 19.4. The maximum atomic E-state index is 13.5. The van der Waals surface area contributed by atoms with E-state index in [0.29, 0.717) is 24.2 Å². The predicted molar refractivity (Wildman–Crippen MR) is 108 cm³/mol. The molecule has 1 aliphatic heterocycles. The Morgan fingerprint density at radius 3 is 2.23 bits per heavy atom. The van der Waals surface area contributed by atoms with Gasteiger partial charge in [0.05, 0.1) is 5.41 Å². The Labute approximate surface area is 178 Å². The first-order valence-electron chi connectivity index (χ1n) is 10.0. The van der Waals surface area contributed by atoms with E-state index in [0.717, 1.165) is 0 Å². The number of halogens is 3. The summed E-state index contributed by atoms with van der Waals surface area (Å²) in [5.74, 6) is -0.274. The quantitative estimate of drug-likeness (QED) is 0.330. The van der Waals surface area contributed by atoms with Crippen LogP contribution in [0.2, 0.25) is 0 Å². The molecule has 0 spiro atoms. The van der Waals surface area contributed by atoms with Crippen molar-refractivity contribution in [2.24, 2.45) is 5.41 Å². The lowest BCUT2D eigenvalue weighted by molar-refractivity contribution is -0.160. The van der Waals surface area contributed by atoms with E-state index in [1.54, 1.807) is 23.7 Å². The number of benzene rings is 1. The number of likely N-dealkylation sites (tertiary alicyclic amines) is 1. The Bertz CT molecular complexity index is 999. The van der Waals surface area contributed by atoms with Gasteiger partial charge in [-0.1, -0.05) is 31.2 Å². The minimum atomic E-state index is -4.30. The molecule has 1 atom stereocenters. The summed E-state index contributed by atoms with van der Waals surface area (Å²) in [5, 5.41) is 28.9. The van der Waals surface area contributed by atoms with Gasteiger partial charge in [-0.15, -0.1) is 0 Å². The van der Waals surface area contributed by atoms with Crippen molar-refractivity contribution in [3.05, 3.63) is 65.0 Å². The highest BCUT2D eigenvalue weighted by Crippen LogP contribution is 2.59. The van der Waals surface area contributed by atoms with Gasteiger partial charge >= 0.3 is 6.18 Å². The SMILES string of the molecule is CN1CC(C)([C@](O)(c2ccc(C3(C(F)(F)F)CC3)cc2)c2cncc(C(=N)NO)c2)C1. The number of pyridine rings is 1. The lowest BCUT2D eigenvalue weighted by Crippen LogP contribution is -2.63. The molecule has 2 aliphatic rings. The molecule has 1 saturated heterocycles. The van der Waals surface area contributed by atoms with Crippen molar-refractivity contribution in [2.45, 2.75) is 37.0 Å². The summed E-state index contributed by atoms with van der Waals surface area (Å²) in [4.78, 5) is 6.16. The second kappa shape index (κ2) is 7.01. The summed E-state index contributed by atoms with van der Waals surface area (Å²) >= 11 is 0. The number of aromatic nitrogens is 1. The van der Waals surface area contributed by atoms with Crippen LogP contribution in [0.25, 0.3) is 0 Å². The second-order valence-corrected chi connectivity index (χ2v) is 9.05. The molecule has 1 saturated carbocycles. The van der Waals surface area contributed by atoms with E-state index in [4.69, 9.17) is 10.6 Å². The zero-order chi connectivity index (χ0) is 22.7. The maximum Gasteiger partial charge on any atom is 0.398 e. The molecule has 1 aliphatic carbocycles. The van der Waals surface area contributed by atoms with E-state index in [-0.39, 0.29) is 29.8 Å². The minimum absolute atomic E-state index is 0.0743. The number of aliphatic hydroxyl groups is 1. The first-order chi connectivity index (χ1) is 14.5. The van der Waals surface area contributed by atoms with Gasteiger partial charge in [0.25, 0.3) is 0 Å². The average Bonchev–Trinajstić information content (AvgIpc) is 3.54. The molecule has 4 N–H and O–H groups in total. The third-order valence-corrected chi connectivity index (χ3v) is 6.82. The molecule has 9 heteroatoms. The monoisotopic (exact) mass is 434 g/mol. The number of rotatable bonds is 5. The summed E-state index contributed by atoms with van der Waals surface area (Å²) < 4.78 is 40.6. The third-order valence-electron chi connectivity index (χ3n) is 6.82. The highest BCUT2D eigenvalue weighted by molar-refractivity contribution is 5.95. The van der Waals surface area contributed by atoms with Crippen molar-refractivity contribution in [1.29, 1.82) is 5.41 Å². The molecule has 4 rings (SSSR count). The number of hydroxylamine groups is 1. The second-order valence-electron chi connectivity index (χ2n) is 9.05. The van der Waals surface area contributed by atoms with Gasteiger partial charge in [-0.2, -0.15) is 13.2 Å². The molecule has 0 radical (unpaired) electrons. The van der Waals surface area contributed by atoms with Gasteiger partial charge in [0.2, 0.25) is 0 Å². The van der Waals surface area contributed by atoms with Gasteiger partial charge in [0.15, 0.2) is 5.84 Å². The van der Waals surface area contributed by atoms with E-state index < -0.39 is 22.6 Å². The molecule has 1 aromatic heterocycles. The van der Waals surface area contributed by atoms with Crippen molar-refractivity contribution in [1.82, 2.24) is 15.4 Å². The number of alkyl halides is 3. The van der Waals surface area contributed by atoms with Crippen LogP contribution in [0, 0.1) is 10.8 Å². The van der Waals surface area contributed by atoms with Crippen LogP contribution >= 0.6 is 0 Å². The van der Waals surface area contributed by atoms with Gasteiger partial charge in [0, 0.05) is 42.0 Å². The van der Waals surface area contributed by atoms with Gasteiger partial charge in [-0.05, 0) is 37.1 Å². The molecule has 2 heterocycles. The van der Waals surface area contributed by atoms with E-state index in [9.17, 15) is 18.3 Å². The van der Waals surface area contributed by atoms with Crippen molar-refractivity contribution in [2.75, 3.05) is 20.1 Å². The fourth-order valence-electron chi connectivity index (χ4n) is 4.97. The number of hydrogen-bond acceptors (Lipinski definition) is 5. The van der Waals surface area contributed by atoms with Crippen LogP contribution in [0.1, 0.15) is 42.0 Å². The smallest absolute Gasteiger partial charge is 0.380 e. The Kier molecular flexibility index (Phi) is 4.92. The van der Waals surface area contributed by atoms with Crippen LogP contribution in [0.5, 0.6) is 0 Å². The van der Waals surface area contributed by atoms with Crippen molar-refractivity contribution in [3.63, 3.8) is 0 Å². The molecule has 2 aromatic rings. The van der Waals surface area contributed by atoms with Crippen molar-refractivity contribution < 1.29 is 23.5 Å². The van der Waals surface area contributed by atoms with Gasteiger partial charge in [0.1, 0.15) is 5.60 Å². The lowest BCUT2D eigenvalue weighted by atomic mass is 9.62. The van der Waals surface area contributed by atoms with Crippen molar-refractivity contribution in [3.8, 4) is 0 Å². The first kappa shape index (κ1) is 21.7. The molecule has 0 bridgehead atoms. The van der Waals surface area contributed by atoms with Crippen LogP contribution < -0.4 is 5.48 Å². The Balaban J connectivity index is 1.79. The zero-order valence-corrected chi connectivity index (χ0v) is 17.3. The Morgan fingerprint density at radius 1 is 1.13 bits per heavy atom. The lowest BCUT2D eigenvalue weighted by Gasteiger charge is -2.55. The van der Waals surface area contributed by atoms with E-state index in [1.807, 2.05) is 18.9 Å². The predicted octanol–water partition coefficient (Wildman–Crippen LogP) is 3.17. The molecule has 31 heavy (non-hydrogen) atoms. The summed E-state index contributed by atoms with van der Waals surface area (Å²) in [5.41, 5.74) is -0.835. The molecule has 0 amide bonds. The molecule has 166 valence electrons. The van der Waals surface area contributed by atoms with Crippen LogP contribution in [-0.2, 0) is 11.0 Å². The molecular weight excluding hydrogens is 409 g/mol. The van der Waals surface area contributed by atoms with Crippen LogP contribution in [-0.4, -0.2) is 52.3 Å². The minimum Gasteiger partial charge on any atom is -0.380 e. The molecule has 0 unspecified atom stereocenters. The fourth-order valence-corrected chi connectivity index (χ4v) is 4.97. The molecule has 2 fully saturated rings. The molecular formula is C22H25F3N4O2. The normalized spacial score (nSPS) is 21.6. The van der Waals surface area contributed by atoms with E-state index >= 15 is 0 Å². The Hall–Kier alpha value is -2.49. The van der Waals surface area contributed by atoms with Crippen LogP contribution in [0.15, 0.2) is 42.7 Å². The number of amidine groups is 1. The van der Waals surface area contributed by atoms with Crippen molar-refractivity contribution >= 4 is 5.84 Å². The molecule has 6 nitrogen and oxygen atoms in total. The zero-order valence-electron chi connectivity index (χ0n) is 17.3. The van der Waals surface area contributed by atoms with Crippen LogP contribution in [0.3, 0.4) is 0 Å². The third kappa shape index (κ3) is 3.22. The summed E-state index contributed by atoms with van der Waals surface area (Å²) in [7, 11) is 1.92. The van der Waals surface area contributed by atoms with Gasteiger partial charge < -0.3 is 10.0 Å². The highest BCUT2D eigenvalue weighted by Gasteiger charge is 2.64. The topological polar surface area (TPSA) is 92.5 Å².